The van der Waals surface area contributed by atoms with Gasteiger partial charge in [0, 0.05) is 28.4 Å². The van der Waals surface area contributed by atoms with Gasteiger partial charge in [-0.05, 0) is 48.5 Å². The number of nitrogens with one attached hydrogen (secondary N) is 1. The van der Waals surface area contributed by atoms with Crippen molar-refractivity contribution in [1.29, 1.82) is 0 Å². The Morgan fingerprint density at radius 1 is 1.00 bits per heavy atom. The summed E-state index contributed by atoms with van der Waals surface area (Å²) in [5.41, 5.74) is 2.93. The molecule has 1 aromatic heterocycles. The van der Waals surface area contributed by atoms with Crippen molar-refractivity contribution in [2.45, 2.75) is 6.54 Å². The maximum absolute atomic E-state index is 13.1. The molecule has 1 saturated heterocycles. The molecule has 0 spiro atoms. The second-order valence-corrected chi connectivity index (χ2v) is 9.31. The smallest absolute Gasteiger partial charge is 0.270 e. The summed E-state index contributed by atoms with van der Waals surface area (Å²) in [6.45, 7) is 0.0662. The Labute approximate surface area is 204 Å². The number of anilines is 2. The number of amides is 2. The van der Waals surface area contributed by atoms with E-state index in [9.17, 15) is 14.0 Å². The van der Waals surface area contributed by atoms with Crippen LogP contribution >= 0.6 is 24.0 Å². The number of nitrogens with zero attached hydrogens (tertiary/aromatic N) is 2. The molecule has 0 atom stereocenters. The molecule has 0 bridgehead atoms. The van der Waals surface area contributed by atoms with Gasteiger partial charge in [0.15, 0.2) is 4.32 Å². The molecule has 1 aliphatic heterocycles. The number of thioether (sulfide) groups is 1. The van der Waals surface area contributed by atoms with Crippen LogP contribution in [0.5, 0.6) is 0 Å². The Bertz CT molecular complexity index is 1450. The highest BCUT2D eigenvalue weighted by Gasteiger charge is 2.33. The van der Waals surface area contributed by atoms with Crippen molar-refractivity contribution in [3.05, 3.63) is 101 Å². The second kappa shape index (κ2) is 9.24. The summed E-state index contributed by atoms with van der Waals surface area (Å²) in [5, 5.41) is 3.70. The van der Waals surface area contributed by atoms with Crippen LogP contribution in [0.1, 0.15) is 5.56 Å². The van der Waals surface area contributed by atoms with E-state index >= 15 is 0 Å². The summed E-state index contributed by atoms with van der Waals surface area (Å²) in [5.74, 6) is -0.780. The van der Waals surface area contributed by atoms with Crippen molar-refractivity contribution >= 4 is 68.5 Å². The van der Waals surface area contributed by atoms with Crippen LogP contribution in [0.2, 0.25) is 0 Å². The maximum Gasteiger partial charge on any atom is 0.270 e. The Kier molecular flexibility index (Phi) is 6.00. The first kappa shape index (κ1) is 22.1. The first-order chi connectivity index (χ1) is 16.5. The van der Waals surface area contributed by atoms with Gasteiger partial charge in [-0.2, -0.15) is 0 Å². The largest absolute Gasteiger partial charge is 0.337 e. The van der Waals surface area contributed by atoms with E-state index in [1.165, 1.54) is 40.9 Å². The molecule has 2 heterocycles. The van der Waals surface area contributed by atoms with Crippen molar-refractivity contribution in [3.8, 4) is 0 Å². The topological polar surface area (TPSA) is 54.3 Å². The predicted octanol–water partition coefficient (Wildman–Crippen LogP) is 5.82. The molecule has 4 aromatic rings. The summed E-state index contributed by atoms with van der Waals surface area (Å²) in [6.07, 6.45) is 3.67. The number of benzene rings is 3. The number of rotatable bonds is 5. The number of thiocarbonyl (C=S) groups is 1. The average Bonchev–Trinajstić information content (AvgIpc) is 3.32. The van der Waals surface area contributed by atoms with Crippen LogP contribution in [-0.4, -0.2) is 20.7 Å². The van der Waals surface area contributed by atoms with Crippen molar-refractivity contribution in [1.82, 2.24) is 4.57 Å². The van der Waals surface area contributed by atoms with Crippen molar-refractivity contribution in [2.24, 2.45) is 0 Å². The summed E-state index contributed by atoms with van der Waals surface area (Å²) < 4.78 is 15.4. The van der Waals surface area contributed by atoms with Gasteiger partial charge in [0.05, 0.1) is 10.6 Å². The maximum atomic E-state index is 13.1. The van der Waals surface area contributed by atoms with Gasteiger partial charge in [-0.3, -0.25) is 14.5 Å². The van der Waals surface area contributed by atoms with Crippen LogP contribution in [0.3, 0.4) is 0 Å². The van der Waals surface area contributed by atoms with Crippen molar-refractivity contribution < 1.29 is 14.0 Å². The lowest BCUT2D eigenvalue weighted by Crippen LogP contribution is -2.27. The average molecular weight is 488 g/mol. The lowest BCUT2D eigenvalue weighted by Gasteiger charge is -2.13. The Morgan fingerprint density at radius 3 is 2.47 bits per heavy atom. The van der Waals surface area contributed by atoms with E-state index in [2.05, 4.69) is 5.32 Å². The summed E-state index contributed by atoms with van der Waals surface area (Å²) in [4.78, 5) is 27.8. The molecule has 1 N–H and O–H groups in total. The number of carbonyl (C=O) groups is 2. The van der Waals surface area contributed by atoms with E-state index in [-0.39, 0.29) is 24.2 Å². The van der Waals surface area contributed by atoms with Crippen LogP contribution in [-0.2, 0) is 16.1 Å². The molecule has 0 saturated carbocycles. The summed E-state index contributed by atoms with van der Waals surface area (Å²) >= 11 is 6.72. The first-order valence-electron chi connectivity index (χ1n) is 10.5. The van der Waals surface area contributed by atoms with E-state index in [0.717, 1.165) is 22.2 Å². The van der Waals surface area contributed by atoms with Gasteiger partial charge in [0.2, 0.25) is 5.91 Å². The van der Waals surface area contributed by atoms with Gasteiger partial charge in [-0.1, -0.05) is 60.4 Å². The van der Waals surface area contributed by atoms with Crippen molar-refractivity contribution in [3.63, 3.8) is 0 Å². The van der Waals surface area contributed by atoms with Crippen LogP contribution in [0.15, 0.2) is 90.0 Å². The lowest BCUT2D eigenvalue weighted by atomic mass is 10.1. The molecule has 3 aromatic carbocycles. The molecule has 168 valence electrons. The fraction of sp³-hybridized carbons (Fsp3) is 0.0385. The molecule has 1 aliphatic rings. The van der Waals surface area contributed by atoms with E-state index in [4.69, 9.17) is 12.2 Å². The molecule has 5 nitrogen and oxygen atoms in total. The molecular formula is C26H18FN3O2S2. The Morgan fingerprint density at radius 2 is 1.71 bits per heavy atom. The third-order valence-corrected chi connectivity index (χ3v) is 6.66. The molecule has 0 unspecified atom stereocenters. The zero-order valence-electron chi connectivity index (χ0n) is 17.8. The van der Waals surface area contributed by atoms with Gasteiger partial charge in [-0.15, -0.1) is 0 Å². The SMILES string of the molecule is O=C(Cn1cc(/C=C2/SC(=S)N(c3ccccc3)C2=O)c2ccccc21)Nc1ccc(F)cc1. The van der Waals surface area contributed by atoms with Crippen molar-refractivity contribution in [2.75, 3.05) is 10.2 Å². The minimum atomic E-state index is -0.364. The monoisotopic (exact) mass is 487 g/mol. The normalized spacial score (nSPS) is 14.9. The molecule has 0 radical (unpaired) electrons. The lowest BCUT2D eigenvalue weighted by molar-refractivity contribution is -0.116. The zero-order valence-corrected chi connectivity index (χ0v) is 19.4. The van der Waals surface area contributed by atoms with Gasteiger partial charge in [-0.25, -0.2) is 4.39 Å². The minimum absolute atomic E-state index is 0.0662. The van der Waals surface area contributed by atoms with Crippen LogP contribution in [0.25, 0.3) is 17.0 Å². The third kappa shape index (κ3) is 4.37. The third-order valence-electron chi connectivity index (χ3n) is 5.36. The number of halogens is 1. The molecule has 0 aliphatic carbocycles. The summed E-state index contributed by atoms with van der Waals surface area (Å²) in [7, 11) is 0. The van der Waals surface area contributed by atoms with E-state index in [0.29, 0.717) is 14.9 Å². The molecule has 5 rings (SSSR count). The predicted molar refractivity (Wildman–Crippen MR) is 139 cm³/mol. The van der Waals surface area contributed by atoms with Crippen LogP contribution in [0.4, 0.5) is 15.8 Å². The van der Waals surface area contributed by atoms with Gasteiger partial charge >= 0.3 is 0 Å². The van der Waals surface area contributed by atoms with E-state index in [1.807, 2.05) is 71.4 Å². The highest BCUT2D eigenvalue weighted by Crippen LogP contribution is 2.37. The quantitative estimate of drug-likeness (QED) is 0.285. The molecule has 34 heavy (non-hydrogen) atoms. The number of para-hydroxylation sites is 2. The number of hydrogen-bond donors (Lipinski definition) is 1. The fourth-order valence-corrected chi connectivity index (χ4v) is 5.11. The van der Waals surface area contributed by atoms with Gasteiger partial charge in [0.25, 0.3) is 5.91 Å². The highest BCUT2D eigenvalue weighted by atomic mass is 32.2. The second-order valence-electron chi connectivity index (χ2n) is 7.64. The fourth-order valence-electron chi connectivity index (χ4n) is 3.82. The zero-order chi connectivity index (χ0) is 23.7. The molecular weight excluding hydrogens is 469 g/mol. The van der Waals surface area contributed by atoms with Gasteiger partial charge in [0.1, 0.15) is 12.4 Å². The highest BCUT2D eigenvalue weighted by molar-refractivity contribution is 8.27. The Hall–Kier alpha value is -3.75. The molecule has 2 amide bonds. The minimum Gasteiger partial charge on any atom is -0.337 e. The number of carbonyl (C=O) groups excluding carboxylic acids is 2. The standard InChI is InChI=1S/C26H18FN3O2S2/c27-18-10-12-19(13-11-18)28-24(31)16-29-15-17(21-8-4-5-9-22(21)29)14-23-25(32)30(26(33)34-23)20-6-2-1-3-7-20/h1-15H,16H2,(H,28,31)/b23-14+. The number of hydrogen-bond acceptors (Lipinski definition) is 4. The van der Waals surface area contributed by atoms with Crippen LogP contribution in [0, 0.1) is 5.82 Å². The van der Waals surface area contributed by atoms with Crippen LogP contribution < -0.4 is 10.2 Å². The Balaban J connectivity index is 1.43. The van der Waals surface area contributed by atoms with Gasteiger partial charge < -0.3 is 9.88 Å². The summed E-state index contributed by atoms with van der Waals surface area (Å²) in [6, 6.07) is 22.6. The molecule has 8 heteroatoms. The van der Waals surface area contributed by atoms with E-state index < -0.39 is 0 Å². The molecule has 1 fully saturated rings. The first-order valence-corrected chi connectivity index (χ1v) is 11.7. The number of fused-ring (bicyclic) bond motifs is 1. The number of aromatic nitrogens is 1. The van der Waals surface area contributed by atoms with E-state index in [1.54, 1.807) is 0 Å².